The molecule has 1 aromatic carbocycles. The van der Waals surface area contributed by atoms with E-state index in [9.17, 15) is 62.5 Å². The van der Waals surface area contributed by atoms with Crippen LogP contribution in [0.2, 0.25) is 0 Å². The molecule has 25 heteroatoms. The van der Waals surface area contributed by atoms with Crippen molar-refractivity contribution in [3.05, 3.63) is 35.6 Å². The quantitative estimate of drug-likeness (QED) is 0.114. The van der Waals surface area contributed by atoms with E-state index in [0.29, 0.717) is 0 Å². The van der Waals surface area contributed by atoms with Crippen LogP contribution in [-0.2, 0) is 54.4 Å². The van der Waals surface area contributed by atoms with Gasteiger partial charge in [-0.1, -0.05) is 39.8 Å². The Labute approximate surface area is 331 Å². The second-order valence-electron chi connectivity index (χ2n) is 12.8. The van der Waals surface area contributed by atoms with Crippen molar-refractivity contribution < 1.29 is 62.5 Å². The summed E-state index contributed by atoms with van der Waals surface area (Å²) in [7, 11) is 1.86. The van der Waals surface area contributed by atoms with E-state index in [2.05, 4.69) is 31.9 Å². The van der Waals surface area contributed by atoms with E-state index in [4.69, 9.17) is 17.2 Å². The number of primary amides is 2. The van der Waals surface area contributed by atoms with Gasteiger partial charge in [-0.2, -0.15) is 0 Å². The lowest BCUT2D eigenvalue weighted by molar-refractivity contribution is -0.141. The van der Waals surface area contributed by atoms with E-state index in [-0.39, 0.29) is 30.0 Å². The van der Waals surface area contributed by atoms with E-state index in [0.717, 1.165) is 32.6 Å². The van der Waals surface area contributed by atoms with E-state index in [1.54, 1.807) is 0 Å². The summed E-state index contributed by atoms with van der Waals surface area (Å²) in [6, 6.07) is -3.87. The molecule has 57 heavy (non-hydrogen) atoms. The first kappa shape index (κ1) is 45.9. The van der Waals surface area contributed by atoms with Gasteiger partial charge in [-0.25, -0.2) is 4.39 Å². The number of hydrogen-bond acceptors (Lipinski definition) is 14. The Morgan fingerprint density at radius 1 is 0.789 bits per heavy atom. The van der Waals surface area contributed by atoms with Crippen LogP contribution < -0.4 is 49.1 Å². The molecule has 7 atom stereocenters. The number of nitrogens with one attached hydrogen (secondary N) is 6. The van der Waals surface area contributed by atoms with Crippen LogP contribution in [-0.4, -0.2) is 148 Å². The highest BCUT2D eigenvalue weighted by Gasteiger charge is 2.41. The van der Waals surface area contributed by atoms with Crippen LogP contribution in [0, 0.1) is 5.82 Å². The highest BCUT2D eigenvalue weighted by molar-refractivity contribution is 8.76. The minimum absolute atomic E-state index is 0.0267. The van der Waals surface area contributed by atoms with Crippen molar-refractivity contribution in [1.29, 1.82) is 0 Å². The van der Waals surface area contributed by atoms with Crippen LogP contribution in [0.3, 0.4) is 0 Å². The van der Waals surface area contributed by atoms with Gasteiger partial charge in [0.15, 0.2) is 0 Å². The third-order valence-corrected chi connectivity index (χ3v) is 10.8. The number of fused-ring (bicyclic) bond motifs is 1. The van der Waals surface area contributed by atoms with E-state index in [1.165, 1.54) is 18.2 Å². The molecule has 14 N–H and O–H groups in total. The molecule has 0 aliphatic carbocycles. The van der Waals surface area contributed by atoms with Gasteiger partial charge in [0.2, 0.25) is 53.2 Å². The molecule has 22 nitrogen and oxygen atoms in total. The number of halogens is 1. The molecular weight excluding hydrogens is 800 g/mol. The fraction of sp³-hybridized carbons (Fsp3) is 0.500. The number of amides is 9. The van der Waals surface area contributed by atoms with Gasteiger partial charge in [0, 0.05) is 30.9 Å². The Morgan fingerprint density at radius 2 is 1.40 bits per heavy atom. The molecule has 312 valence electrons. The van der Waals surface area contributed by atoms with Gasteiger partial charge in [-0.15, -0.1) is 0 Å². The van der Waals surface area contributed by atoms with Crippen LogP contribution in [0.5, 0.6) is 0 Å². The van der Waals surface area contributed by atoms with Gasteiger partial charge < -0.3 is 64.2 Å². The first-order valence-electron chi connectivity index (χ1n) is 17.1. The highest BCUT2D eigenvalue weighted by Crippen LogP contribution is 2.23. The lowest BCUT2D eigenvalue weighted by atomic mass is 10.0. The number of rotatable bonds is 7. The Kier molecular flexibility index (Phi) is 17.4. The van der Waals surface area contributed by atoms with Crippen LogP contribution in [0.1, 0.15) is 24.8 Å². The maximum absolute atomic E-state index is 14.6. The summed E-state index contributed by atoms with van der Waals surface area (Å²) in [6.45, 7) is -2.05. The Hall–Kier alpha value is -5.53. The number of hydrogen-bond donors (Lipinski definition) is 11. The molecular formula is C32H43FN10O12S2. The molecule has 0 spiro atoms. The SMILES string of the molecule is NC(=O)C[C@@H]1NC(=O)[C@@H]2C[C@@H](O)CN2C(=O)CNC(=O)[C@H](Cc2ccccc2F)NC(=O)CNC(=O)[C@@H](CC(=O)O)NC(=O)[C@H](N)CSSC[C@H](C(N)=O)NC1=O. The predicted octanol–water partition coefficient (Wildman–Crippen LogP) is -5.94. The average molecular weight is 843 g/mol. The molecule has 0 bridgehead atoms. The van der Waals surface area contributed by atoms with Crippen LogP contribution in [0.4, 0.5) is 4.39 Å². The number of aliphatic hydroxyl groups is 1. The summed E-state index contributed by atoms with van der Waals surface area (Å²) >= 11 is 0. The van der Waals surface area contributed by atoms with Crippen molar-refractivity contribution in [1.82, 2.24) is 36.8 Å². The van der Waals surface area contributed by atoms with Crippen molar-refractivity contribution in [3.8, 4) is 0 Å². The highest BCUT2D eigenvalue weighted by atomic mass is 33.1. The predicted molar refractivity (Wildman–Crippen MR) is 198 cm³/mol. The number of carbonyl (C=O) groups excluding carboxylic acids is 9. The average Bonchev–Trinajstić information content (AvgIpc) is 3.54. The molecule has 0 unspecified atom stereocenters. The molecule has 2 aliphatic heterocycles. The van der Waals surface area contributed by atoms with Gasteiger partial charge in [0.1, 0.15) is 36.0 Å². The number of carbonyl (C=O) groups is 10. The zero-order valence-electron chi connectivity index (χ0n) is 30.1. The molecule has 3 rings (SSSR count). The van der Waals surface area contributed by atoms with Crippen molar-refractivity contribution >= 4 is 80.7 Å². The molecule has 2 heterocycles. The van der Waals surface area contributed by atoms with Gasteiger partial charge >= 0.3 is 5.97 Å². The molecule has 2 aliphatic rings. The largest absolute Gasteiger partial charge is 0.481 e. The first-order valence-corrected chi connectivity index (χ1v) is 19.6. The number of aliphatic carboxylic acids is 1. The summed E-state index contributed by atoms with van der Waals surface area (Å²) in [5.74, 6) is -11.8. The summed E-state index contributed by atoms with van der Waals surface area (Å²) in [6.07, 6.45) is -3.69. The number of benzene rings is 1. The Morgan fingerprint density at radius 3 is 2.05 bits per heavy atom. The fourth-order valence-electron chi connectivity index (χ4n) is 5.48. The summed E-state index contributed by atoms with van der Waals surface area (Å²) < 4.78 is 14.6. The number of aliphatic hydroxyl groups excluding tert-OH is 1. The second-order valence-corrected chi connectivity index (χ2v) is 15.4. The minimum Gasteiger partial charge on any atom is -0.481 e. The zero-order chi connectivity index (χ0) is 42.4. The molecule has 1 aromatic rings. The minimum atomic E-state index is -1.72. The molecule has 0 saturated carbocycles. The van der Waals surface area contributed by atoms with E-state index in [1.807, 2.05) is 0 Å². The van der Waals surface area contributed by atoms with E-state index < -0.39 is 140 Å². The Balaban J connectivity index is 1.92. The number of nitrogens with zero attached hydrogens (tertiary/aromatic N) is 1. The number of carboxylic acids is 1. The smallest absolute Gasteiger partial charge is 0.305 e. The third-order valence-electron chi connectivity index (χ3n) is 8.38. The topological polar surface area (TPSA) is 365 Å². The first-order chi connectivity index (χ1) is 26.9. The van der Waals surface area contributed by atoms with Crippen molar-refractivity contribution in [3.63, 3.8) is 0 Å². The maximum Gasteiger partial charge on any atom is 0.305 e. The maximum atomic E-state index is 14.6. The van der Waals surface area contributed by atoms with E-state index >= 15 is 0 Å². The number of carboxylic acid groups (broad SMARTS) is 1. The van der Waals surface area contributed by atoms with Gasteiger partial charge in [0.25, 0.3) is 0 Å². The fourth-order valence-corrected chi connectivity index (χ4v) is 7.78. The van der Waals surface area contributed by atoms with Gasteiger partial charge in [-0.3, -0.25) is 47.9 Å². The number of nitrogens with two attached hydrogens (primary N) is 3. The molecule has 0 aromatic heterocycles. The van der Waals surface area contributed by atoms with Crippen LogP contribution in [0.15, 0.2) is 24.3 Å². The lowest BCUT2D eigenvalue weighted by Crippen LogP contribution is -2.58. The lowest BCUT2D eigenvalue weighted by Gasteiger charge is -2.27. The van der Waals surface area contributed by atoms with Crippen molar-refractivity contribution in [2.75, 3.05) is 31.1 Å². The van der Waals surface area contributed by atoms with Crippen molar-refractivity contribution in [2.45, 2.75) is 68.0 Å². The van der Waals surface area contributed by atoms with Gasteiger partial charge in [0.05, 0.1) is 38.1 Å². The molecule has 0 radical (unpaired) electrons. The summed E-state index contributed by atoms with van der Waals surface area (Å²) in [5.41, 5.74) is 16.6. The second kappa shape index (κ2) is 21.7. The van der Waals surface area contributed by atoms with Crippen LogP contribution in [0.25, 0.3) is 0 Å². The monoisotopic (exact) mass is 842 g/mol. The normalized spacial score (nSPS) is 26.8. The van der Waals surface area contributed by atoms with Gasteiger partial charge in [-0.05, 0) is 11.6 Å². The zero-order valence-corrected chi connectivity index (χ0v) is 31.7. The molecule has 2 saturated heterocycles. The summed E-state index contributed by atoms with van der Waals surface area (Å²) in [4.78, 5) is 129. The van der Waals surface area contributed by atoms with Crippen LogP contribution >= 0.6 is 21.6 Å². The summed E-state index contributed by atoms with van der Waals surface area (Å²) in [5, 5.41) is 33.2. The molecule has 2 fully saturated rings. The molecule has 9 amide bonds. The van der Waals surface area contributed by atoms with Crippen molar-refractivity contribution in [2.24, 2.45) is 17.2 Å². The standard InChI is InChI=1S/C32H43FN10O12S2/c33-16-4-2-1-3-14(16)5-18-29(52)38-10-25(47)43-11-15(44)6-22(43)32(55)41-19(7-23(35)45)31(54)42-21(27(36)50)13-57-56-12-17(34)28(51)40-20(8-26(48)49)30(53)37-9-24(46)39-18/h1-4,15,17-22,44H,5-13,34H2,(H2,35,45)(H2,36,50)(H,37,53)(H,38,52)(H,39,46)(H,40,51)(H,41,55)(H,42,54)(H,48,49)/t15-,17-,18+,19+,20-,21-,22+/m1/s1. The Bertz CT molecular complexity index is 1740. The third kappa shape index (κ3) is 14.5.